The molecular weight excluding hydrogens is 290 g/mol. The molecule has 1 aromatic carbocycles. The largest absolute Gasteiger partial charge is 0.193 e. The van der Waals surface area contributed by atoms with Gasteiger partial charge in [-0.15, -0.1) is 0 Å². The predicted molar refractivity (Wildman–Crippen MR) is 104 cm³/mol. The highest BCUT2D eigenvalue weighted by molar-refractivity contribution is 5.52. The first-order chi connectivity index (χ1) is 11.8. The molecule has 1 heteroatoms. The van der Waals surface area contributed by atoms with E-state index in [0.717, 1.165) is 17.4 Å². The number of nitriles is 1. The molecule has 2 rings (SSSR count). The van der Waals surface area contributed by atoms with Gasteiger partial charge in [-0.3, -0.25) is 0 Å². The Labute approximate surface area is 148 Å². The first kappa shape index (κ1) is 18.8. The van der Waals surface area contributed by atoms with E-state index in [9.17, 15) is 0 Å². The van der Waals surface area contributed by atoms with Crippen molar-refractivity contribution in [1.29, 1.82) is 5.26 Å². The van der Waals surface area contributed by atoms with Gasteiger partial charge in [0.25, 0.3) is 0 Å². The maximum atomic E-state index is 8.59. The Kier molecular flexibility index (Phi) is 8.67. The van der Waals surface area contributed by atoms with Gasteiger partial charge in [-0.2, -0.15) is 5.26 Å². The van der Waals surface area contributed by atoms with Gasteiger partial charge in [0, 0.05) is 6.08 Å². The molecule has 1 aromatic rings. The minimum atomic E-state index is 0.750. The van der Waals surface area contributed by atoms with Gasteiger partial charge in [-0.05, 0) is 54.7 Å². The van der Waals surface area contributed by atoms with E-state index in [4.69, 9.17) is 5.26 Å². The maximum Gasteiger partial charge on any atom is 0.0912 e. The Morgan fingerprint density at radius 2 is 1.62 bits per heavy atom. The summed E-state index contributed by atoms with van der Waals surface area (Å²) in [6, 6.07) is 10.9. The van der Waals surface area contributed by atoms with Gasteiger partial charge in [-0.1, -0.05) is 76.1 Å². The molecule has 130 valence electrons. The molecule has 0 bridgehead atoms. The van der Waals surface area contributed by atoms with Gasteiger partial charge in [-0.25, -0.2) is 0 Å². The quantitative estimate of drug-likeness (QED) is 0.347. The van der Waals surface area contributed by atoms with Gasteiger partial charge in [0.1, 0.15) is 0 Å². The van der Waals surface area contributed by atoms with Crippen LogP contribution >= 0.6 is 0 Å². The molecule has 0 heterocycles. The van der Waals surface area contributed by atoms with Crippen molar-refractivity contribution in [2.45, 2.75) is 83.5 Å². The predicted octanol–water partition coefficient (Wildman–Crippen LogP) is 7.25. The van der Waals surface area contributed by atoms with Crippen LogP contribution in [0.25, 0.3) is 6.08 Å². The zero-order valence-corrected chi connectivity index (χ0v) is 15.3. The average Bonchev–Trinajstić information content (AvgIpc) is 2.64. The van der Waals surface area contributed by atoms with Gasteiger partial charge < -0.3 is 0 Å². The lowest BCUT2D eigenvalue weighted by molar-refractivity contribution is 0.302. The summed E-state index contributed by atoms with van der Waals surface area (Å²) in [7, 11) is 0. The number of nitrogens with zero attached hydrogens (tertiary/aromatic N) is 1. The Balaban J connectivity index is 1.67. The normalized spacial score (nSPS) is 21.0. The van der Waals surface area contributed by atoms with E-state index >= 15 is 0 Å². The van der Waals surface area contributed by atoms with Crippen molar-refractivity contribution in [3.8, 4) is 6.07 Å². The van der Waals surface area contributed by atoms with Crippen LogP contribution in [-0.4, -0.2) is 0 Å². The first-order valence-corrected chi connectivity index (χ1v) is 9.99. The lowest BCUT2D eigenvalue weighted by atomic mass is 9.77. The summed E-state index contributed by atoms with van der Waals surface area (Å²) in [5.41, 5.74) is 2.61. The summed E-state index contributed by atoms with van der Waals surface area (Å²) in [5, 5.41) is 8.59. The summed E-state index contributed by atoms with van der Waals surface area (Å²) in [6.07, 6.45) is 18.9. The van der Waals surface area contributed by atoms with Crippen LogP contribution < -0.4 is 0 Å². The van der Waals surface area contributed by atoms with Gasteiger partial charge in [0.05, 0.1) is 6.07 Å². The fourth-order valence-electron chi connectivity index (χ4n) is 4.01. The molecule has 1 saturated carbocycles. The number of hydrogen-bond donors (Lipinski definition) is 0. The summed E-state index contributed by atoms with van der Waals surface area (Å²) in [4.78, 5) is 0. The van der Waals surface area contributed by atoms with E-state index in [1.165, 1.54) is 76.2 Å². The Bertz CT molecular complexity index is 512. The maximum absolute atomic E-state index is 8.59. The molecule has 0 radical (unpaired) electrons. The average molecular weight is 324 g/mol. The van der Waals surface area contributed by atoms with Gasteiger partial charge in [0.2, 0.25) is 0 Å². The molecule has 0 N–H and O–H groups in total. The molecule has 1 fully saturated rings. The van der Waals surface area contributed by atoms with E-state index in [1.54, 1.807) is 6.08 Å². The first-order valence-electron chi connectivity index (χ1n) is 9.99. The van der Waals surface area contributed by atoms with E-state index in [0.29, 0.717) is 0 Å². The van der Waals surface area contributed by atoms with Crippen LogP contribution in [0.3, 0.4) is 0 Å². The number of rotatable bonds is 9. The van der Waals surface area contributed by atoms with E-state index < -0.39 is 0 Å². The molecule has 0 atom stereocenters. The molecular formula is C23H33N. The fraction of sp³-hybridized carbons (Fsp3) is 0.609. The van der Waals surface area contributed by atoms with Crippen molar-refractivity contribution in [3.63, 3.8) is 0 Å². The molecule has 1 aliphatic carbocycles. The van der Waals surface area contributed by atoms with Crippen molar-refractivity contribution in [2.75, 3.05) is 0 Å². The third kappa shape index (κ3) is 6.52. The summed E-state index contributed by atoms with van der Waals surface area (Å²) in [5.74, 6) is 1.73. The third-order valence-corrected chi connectivity index (χ3v) is 5.57. The van der Waals surface area contributed by atoms with Gasteiger partial charge >= 0.3 is 0 Å². The van der Waals surface area contributed by atoms with Crippen LogP contribution in [0.5, 0.6) is 0 Å². The minimum Gasteiger partial charge on any atom is -0.193 e. The van der Waals surface area contributed by atoms with E-state index in [1.807, 2.05) is 12.1 Å². The van der Waals surface area contributed by atoms with Crippen LogP contribution in [0.4, 0.5) is 0 Å². The molecule has 0 aliphatic heterocycles. The molecule has 24 heavy (non-hydrogen) atoms. The van der Waals surface area contributed by atoms with Crippen LogP contribution in [0, 0.1) is 17.2 Å². The van der Waals surface area contributed by atoms with E-state index in [2.05, 4.69) is 31.2 Å². The standard InChI is InChI=1S/C23H33N/c1-2-3-4-5-6-7-9-20-11-15-22(16-12-20)23-17-13-21(14-18-23)10-8-19-24/h8,10,13-14,17-18,20,22H,2-7,9,11-12,15-16H2,1H3. The molecule has 0 saturated heterocycles. The van der Waals surface area contributed by atoms with Crippen LogP contribution in [0.2, 0.25) is 0 Å². The van der Waals surface area contributed by atoms with Crippen molar-refractivity contribution < 1.29 is 0 Å². The van der Waals surface area contributed by atoms with Crippen LogP contribution in [0.15, 0.2) is 30.3 Å². The number of hydrogen-bond acceptors (Lipinski definition) is 1. The molecule has 0 amide bonds. The Hall–Kier alpha value is -1.55. The van der Waals surface area contributed by atoms with Crippen LogP contribution in [0.1, 0.15) is 94.6 Å². The Morgan fingerprint density at radius 3 is 2.29 bits per heavy atom. The zero-order chi connectivity index (χ0) is 17.0. The lowest BCUT2D eigenvalue weighted by Gasteiger charge is -2.29. The number of unbranched alkanes of at least 4 members (excludes halogenated alkanes) is 5. The fourth-order valence-corrected chi connectivity index (χ4v) is 4.01. The molecule has 1 nitrogen and oxygen atoms in total. The number of allylic oxidation sites excluding steroid dienone is 1. The smallest absolute Gasteiger partial charge is 0.0912 e. The SMILES string of the molecule is CCCCCCCCC1CCC(c2ccc(C=CC#N)cc2)CC1. The molecule has 0 unspecified atom stereocenters. The highest BCUT2D eigenvalue weighted by atomic mass is 14.3. The van der Waals surface area contributed by atoms with Gasteiger partial charge in [0.15, 0.2) is 0 Å². The molecule has 1 aliphatic rings. The Morgan fingerprint density at radius 1 is 0.958 bits per heavy atom. The summed E-state index contributed by atoms with van der Waals surface area (Å²) in [6.45, 7) is 2.29. The topological polar surface area (TPSA) is 23.8 Å². The molecule has 0 spiro atoms. The summed E-state index contributed by atoms with van der Waals surface area (Å²) >= 11 is 0. The minimum absolute atomic E-state index is 0.750. The van der Waals surface area contributed by atoms with Crippen molar-refractivity contribution in [1.82, 2.24) is 0 Å². The third-order valence-electron chi connectivity index (χ3n) is 5.57. The highest BCUT2D eigenvalue weighted by Crippen LogP contribution is 2.37. The zero-order valence-electron chi connectivity index (χ0n) is 15.3. The van der Waals surface area contributed by atoms with E-state index in [-0.39, 0.29) is 0 Å². The van der Waals surface area contributed by atoms with Crippen molar-refractivity contribution >= 4 is 6.08 Å². The second-order valence-electron chi connectivity index (χ2n) is 7.40. The second-order valence-corrected chi connectivity index (χ2v) is 7.40. The monoisotopic (exact) mass is 323 g/mol. The highest BCUT2D eigenvalue weighted by Gasteiger charge is 2.21. The summed E-state index contributed by atoms with van der Waals surface area (Å²) < 4.78 is 0. The lowest BCUT2D eigenvalue weighted by Crippen LogP contribution is -2.13. The van der Waals surface area contributed by atoms with Crippen molar-refractivity contribution in [3.05, 3.63) is 41.5 Å². The second kappa shape index (κ2) is 11.1. The van der Waals surface area contributed by atoms with Crippen LogP contribution in [-0.2, 0) is 0 Å². The molecule has 0 aromatic heterocycles. The number of benzene rings is 1. The van der Waals surface area contributed by atoms with Crippen molar-refractivity contribution in [2.24, 2.45) is 5.92 Å².